The van der Waals surface area contributed by atoms with Crippen LogP contribution >= 0.6 is 0 Å². The van der Waals surface area contributed by atoms with E-state index in [0.29, 0.717) is 12.2 Å². The number of hydrogen-bond donors (Lipinski definition) is 2. The van der Waals surface area contributed by atoms with E-state index in [-0.39, 0.29) is 11.3 Å². The summed E-state index contributed by atoms with van der Waals surface area (Å²) in [5.41, 5.74) is 5.82. The van der Waals surface area contributed by atoms with Crippen LogP contribution in [-0.2, 0) is 9.84 Å². The molecule has 0 fully saturated rings. The van der Waals surface area contributed by atoms with Gasteiger partial charge in [0.15, 0.2) is 9.84 Å². The number of rotatable bonds is 5. The van der Waals surface area contributed by atoms with Crippen LogP contribution in [0.3, 0.4) is 0 Å². The first-order valence-electron chi connectivity index (χ1n) is 5.30. The minimum absolute atomic E-state index is 0.0749. The molecular weight excluding hydrogens is 224 g/mol. The van der Waals surface area contributed by atoms with Crippen molar-refractivity contribution < 1.29 is 8.42 Å². The Kier molecular flexibility index (Phi) is 4.59. The molecular formula is C11H24N2O2S. The van der Waals surface area contributed by atoms with Crippen LogP contribution in [0.1, 0.15) is 34.6 Å². The second-order valence-corrected chi connectivity index (χ2v) is 8.27. The van der Waals surface area contributed by atoms with Crippen LogP contribution in [-0.4, -0.2) is 25.6 Å². The normalized spacial score (nSPS) is 13.6. The van der Waals surface area contributed by atoms with Gasteiger partial charge >= 0.3 is 0 Å². The molecule has 0 aromatic rings. The molecule has 0 rings (SSSR count). The first-order chi connectivity index (χ1) is 6.94. The Morgan fingerprint density at radius 3 is 2.00 bits per heavy atom. The van der Waals surface area contributed by atoms with Crippen LogP contribution in [0.2, 0.25) is 0 Å². The molecule has 16 heavy (non-hydrogen) atoms. The van der Waals surface area contributed by atoms with Gasteiger partial charge in [-0.2, -0.15) is 0 Å². The predicted molar refractivity (Wildman–Crippen MR) is 68.7 cm³/mol. The average molecular weight is 248 g/mol. The molecule has 4 nitrogen and oxygen atoms in total. The summed E-state index contributed by atoms with van der Waals surface area (Å²) < 4.78 is 22.5. The Balaban J connectivity index is 4.74. The fourth-order valence-electron chi connectivity index (χ4n) is 0.981. The molecule has 0 bridgehead atoms. The second kappa shape index (κ2) is 4.75. The van der Waals surface area contributed by atoms with E-state index < -0.39 is 14.6 Å². The smallest absolute Gasteiger partial charge is 0.173 e. The minimum Gasteiger partial charge on any atom is -0.387 e. The highest BCUT2D eigenvalue weighted by molar-refractivity contribution is 7.92. The lowest BCUT2D eigenvalue weighted by atomic mass is 9.96. The van der Waals surface area contributed by atoms with E-state index in [1.165, 1.54) is 0 Å². The van der Waals surface area contributed by atoms with E-state index >= 15 is 0 Å². The Labute approximate surface area is 99.2 Å². The first kappa shape index (κ1) is 15.4. The molecule has 96 valence electrons. The van der Waals surface area contributed by atoms with Crippen molar-refractivity contribution in [3.8, 4) is 0 Å². The van der Waals surface area contributed by atoms with Crippen molar-refractivity contribution in [1.82, 2.24) is 5.32 Å². The van der Waals surface area contributed by atoms with Gasteiger partial charge in [-0.25, -0.2) is 8.42 Å². The molecule has 0 atom stereocenters. The molecule has 0 aromatic heterocycles. The molecule has 0 aliphatic heterocycles. The molecule has 0 amide bonds. The van der Waals surface area contributed by atoms with Crippen molar-refractivity contribution in [2.45, 2.75) is 39.4 Å². The van der Waals surface area contributed by atoms with Crippen LogP contribution in [0.15, 0.2) is 12.3 Å². The Morgan fingerprint density at radius 2 is 1.69 bits per heavy atom. The third-order valence-corrected chi connectivity index (χ3v) is 4.80. The number of nitrogens with one attached hydrogen (secondary N) is 1. The van der Waals surface area contributed by atoms with E-state index in [1.54, 1.807) is 13.8 Å². The summed E-state index contributed by atoms with van der Waals surface area (Å²) >= 11 is 0. The van der Waals surface area contributed by atoms with Gasteiger partial charge in [0, 0.05) is 12.2 Å². The lowest BCUT2D eigenvalue weighted by molar-refractivity contribution is 0.390. The van der Waals surface area contributed by atoms with Gasteiger partial charge in [0.25, 0.3) is 0 Å². The van der Waals surface area contributed by atoms with Crippen molar-refractivity contribution >= 4 is 9.84 Å². The third-order valence-electron chi connectivity index (χ3n) is 2.56. The lowest BCUT2D eigenvalue weighted by Gasteiger charge is -2.30. The molecule has 0 unspecified atom stereocenters. The highest BCUT2D eigenvalue weighted by Gasteiger charge is 2.36. The Bertz CT molecular complexity index is 351. The van der Waals surface area contributed by atoms with Gasteiger partial charge in [0.2, 0.25) is 0 Å². The summed E-state index contributed by atoms with van der Waals surface area (Å²) in [5.74, 6) is -0.365. The zero-order valence-corrected chi connectivity index (χ0v) is 11.7. The highest BCUT2D eigenvalue weighted by atomic mass is 32.2. The number of sulfone groups is 1. The maximum atomic E-state index is 11.8. The van der Waals surface area contributed by atoms with E-state index in [4.69, 9.17) is 5.73 Å². The van der Waals surface area contributed by atoms with Crippen molar-refractivity contribution in [2.75, 3.05) is 12.4 Å². The monoisotopic (exact) mass is 248 g/mol. The van der Waals surface area contributed by atoms with Crippen LogP contribution < -0.4 is 11.1 Å². The standard InChI is InChI=1S/C11H24N2O2S/c1-9(13-7-10(2,3)4)11(5,6)16(14,15)8-12/h13H,1,7-8,12H2,2-6H3. The summed E-state index contributed by atoms with van der Waals surface area (Å²) in [5, 5.41) is 3.07. The van der Waals surface area contributed by atoms with E-state index in [0.717, 1.165) is 0 Å². The van der Waals surface area contributed by atoms with Crippen molar-refractivity contribution in [1.29, 1.82) is 0 Å². The van der Waals surface area contributed by atoms with Crippen LogP contribution in [0, 0.1) is 5.41 Å². The third kappa shape index (κ3) is 3.79. The topological polar surface area (TPSA) is 72.2 Å². The van der Waals surface area contributed by atoms with Crippen LogP contribution in [0.4, 0.5) is 0 Å². The minimum atomic E-state index is -3.35. The molecule has 0 radical (unpaired) electrons. The maximum absolute atomic E-state index is 11.8. The number of nitrogens with two attached hydrogens (primary N) is 1. The number of hydrogen-bond acceptors (Lipinski definition) is 4. The highest BCUT2D eigenvalue weighted by Crippen LogP contribution is 2.24. The zero-order valence-electron chi connectivity index (χ0n) is 10.9. The first-order valence-corrected chi connectivity index (χ1v) is 6.95. The summed E-state index contributed by atoms with van der Waals surface area (Å²) in [6.45, 7) is 13.9. The zero-order chi connectivity index (χ0) is 13.2. The molecule has 0 spiro atoms. The summed E-state index contributed by atoms with van der Waals surface area (Å²) in [4.78, 5) is 0. The largest absolute Gasteiger partial charge is 0.387 e. The molecule has 0 heterocycles. The average Bonchev–Trinajstić information content (AvgIpc) is 2.12. The Morgan fingerprint density at radius 1 is 1.25 bits per heavy atom. The van der Waals surface area contributed by atoms with Gasteiger partial charge in [0.05, 0.1) is 5.88 Å². The molecule has 3 N–H and O–H groups in total. The molecule has 0 saturated carbocycles. The van der Waals surface area contributed by atoms with E-state index in [2.05, 4.69) is 32.7 Å². The summed E-state index contributed by atoms with van der Waals surface area (Å²) in [6.07, 6.45) is 0. The molecule has 0 aliphatic carbocycles. The van der Waals surface area contributed by atoms with Gasteiger partial charge in [-0.1, -0.05) is 27.4 Å². The van der Waals surface area contributed by atoms with Gasteiger partial charge < -0.3 is 11.1 Å². The molecule has 0 aromatic carbocycles. The SMILES string of the molecule is C=C(NCC(C)(C)C)C(C)(C)S(=O)(=O)CN. The van der Waals surface area contributed by atoms with Crippen molar-refractivity contribution in [2.24, 2.45) is 11.1 Å². The maximum Gasteiger partial charge on any atom is 0.173 e. The van der Waals surface area contributed by atoms with Crippen molar-refractivity contribution in [3.05, 3.63) is 12.3 Å². The summed E-state index contributed by atoms with van der Waals surface area (Å²) in [7, 11) is -3.35. The van der Waals surface area contributed by atoms with E-state index in [1.807, 2.05) is 0 Å². The van der Waals surface area contributed by atoms with Gasteiger partial charge in [-0.3, -0.25) is 0 Å². The quantitative estimate of drug-likeness (QED) is 0.768. The van der Waals surface area contributed by atoms with Gasteiger partial charge in [-0.05, 0) is 19.3 Å². The van der Waals surface area contributed by atoms with Gasteiger partial charge in [0.1, 0.15) is 4.75 Å². The van der Waals surface area contributed by atoms with Crippen LogP contribution in [0.25, 0.3) is 0 Å². The van der Waals surface area contributed by atoms with E-state index in [9.17, 15) is 8.42 Å². The molecule has 5 heteroatoms. The van der Waals surface area contributed by atoms with Crippen LogP contribution in [0.5, 0.6) is 0 Å². The predicted octanol–water partition coefficient (Wildman–Crippen LogP) is 1.25. The lowest BCUT2D eigenvalue weighted by Crippen LogP contribution is -2.44. The fourth-order valence-corrected chi connectivity index (χ4v) is 1.85. The van der Waals surface area contributed by atoms with Gasteiger partial charge in [-0.15, -0.1) is 0 Å². The van der Waals surface area contributed by atoms with Crippen molar-refractivity contribution in [3.63, 3.8) is 0 Å². The Hall–Kier alpha value is -0.550. The molecule has 0 saturated heterocycles. The summed E-state index contributed by atoms with van der Waals surface area (Å²) in [6, 6.07) is 0. The second-order valence-electron chi connectivity index (χ2n) is 5.68. The molecule has 0 aliphatic rings. The fraction of sp³-hybridized carbons (Fsp3) is 0.818.